The normalized spacial score (nSPS) is 14.8. The van der Waals surface area contributed by atoms with Gasteiger partial charge < -0.3 is 0 Å². The first kappa shape index (κ1) is 17.0. The van der Waals surface area contributed by atoms with E-state index in [0.717, 1.165) is 11.8 Å². The van der Waals surface area contributed by atoms with E-state index in [1.165, 1.54) is 64.2 Å². The van der Waals surface area contributed by atoms with Crippen molar-refractivity contribution in [2.45, 2.75) is 91.9 Å². The molecule has 0 aliphatic rings. The van der Waals surface area contributed by atoms with Crippen LogP contribution in [0.15, 0.2) is 0 Å². The van der Waals surface area contributed by atoms with Crippen LogP contribution in [0.5, 0.6) is 0 Å². The average Bonchev–Trinajstić information content (AvgIpc) is 2.32. The van der Waals surface area contributed by atoms with Gasteiger partial charge in [-0.05, 0) is 18.3 Å². The molecule has 0 heterocycles. The molecule has 0 heteroatoms. The highest BCUT2D eigenvalue weighted by molar-refractivity contribution is 4.80. The van der Waals surface area contributed by atoms with E-state index < -0.39 is 0 Å². The summed E-state index contributed by atoms with van der Waals surface area (Å²) in [5.74, 6) is 1.70. The summed E-state index contributed by atoms with van der Waals surface area (Å²) in [5.41, 5.74) is 0. The second kappa shape index (κ2) is 12.5. The largest absolute Gasteiger partial charge is 0.0654 e. The zero-order valence-electron chi connectivity index (χ0n) is 12.8. The number of hydrogen-bond acceptors (Lipinski definition) is 0. The third-order valence-electron chi connectivity index (χ3n) is 3.80. The van der Waals surface area contributed by atoms with Crippen molar-refractivity contribution in [1.29, 1.82) is 0 Å². The topological polar surface area (TPSA) is 0 Å². The van der Waals surface area contributed by atoms with Crippen LogP contribution in [-0.4, -0.2) is 0 Å². The molecule has 0 aliphatic carbocycles. The van der Waals surface area contributed by atoms with Crippen molar-refractivity contribution in [3.8, 4) is 0 Å². The first-order valence-electron chi connectivity index (χ1n) is 8.09. The minimum Gasteiger partial charge on any atom is -0.0654 e. The van der Waals surface area contributed by atoms with E-state index in [-0.39, 0.29) is 0 Å². The monoisotopic (exact) mass is 239 g/mol. The predicted molar refractivity (Wildman–Crippen MR) is 80.1 cm³/mol. The first-order chi connectivity index (χ1) is 8.24. The second-order valence-corrected chi connectivity index (χ2v) is 5.68. The minimum absolute atomic E-state index is 0.824. The number of unbranched alkanes of at least 4 members (excludes halogenated alkanes) is 5. The fourth-order valence-electron chi connectivity index (χ4n) is 2.64. The van der Waals surface area contributed by atoms with Gasteiger partial charge in [0.2, 0.25) is 0 Å². The molecule has 0 aromatic heterocycles. The van der Waals surface area contributed by atoms with Crippen molar-refractivity contribution in [2.24, 2.45) is 11.8 Å². The average molecular weight is 239 g/mol. The van der Waals surface area contributed by atoms with E-state index in [4.69, 9.17) is 0 Å². The smallest absolute Gasteiger partial charge is 0.0327 e. The highest BCUT2D eigenvalue weighted by atomic mass is 14.2. The van der Waals surface area contributed by atoms with Gasteiger partial charge in [-0.15, -0.1) is 0 Å². The van der Waals surface area contributed by atoms with Crippen LogP contribution in [0.3, 0.4) is 0 Å². The molecule has 0 saturated carbocycles. The maximum Gasteiger partial charge on any atom is -0.0327 e. The van der Waals surface area contributed by atoms with E-state index in [1.54, 1.807) is 0 Å². The molecule has 0 spiro atoms. The van der Waals surface area contributed by atoms with Crippen LogP contribution in [0.25, 0.3) is 0 Å². The summed E-state index contributed by atoms with van der Waals surface area (Å²) in [5, 5.41) is 0. The standard InChI is InChI=1S/C17H35/c1-5-8-9-10-11-12-14-17(7-3)15-16(4)13-6-2/h15-17H,5-14H2,1-4H3. The molecule has 2 atom stereocenters. The second-order valence-electron chi connectivity index (χ2n) is 5.68. The van der Waals surface area contributed by atoms with Crippen LogP contribution in [0.2, 0.25) is 0 Å². The van der Waals surface area contributed by atoms with Gasteiger partial charge >= 0.3 is 0 Å². The summed E-state index contributed by atoms with van der Waals surface area (Å²) >= 11 is 0. The molecule has 0 aromatic rings. The lowest BCUT2D eigenvalue weighted by Crippen LogP contribution is -2.07. The fraction of sp³-hybridized carbons (Fsp3) is 0.941. The van der Waals surface area contributed by atoms with Crippen LogP contribution in [0.4, 0.5) is 0 Å². The summed E-state index contributed by atoms with van der Waals surface area (Å²) in [7, 11) is 0. The van der Waals surface area contributed by atoms with E-state index in [2.05, 4.69) is 34.1 Å². The van der Waals surface area contributed by atoms with Crippen molar-refractivity contribution < 1.29 is 0 Å². The quantitative estimate of drug-likeness (QED) is 0.345. The Balaban J connectivity index is 3.47. The molecule has 0 nitrogen and oxygen atoms in total. The van der Waals surface area contributed by atoms with Gasteiger partial charge in [0.15, 0.2) is 0 Å². The SMILES string of the molecule is CCCCCCCCC([CH]C(C)CCC)CC. The van der Waals surface area contributed by atoms with Crippen molar-refractivity contribution in [3.05, 3.63) is 6.42 Å². The van der Waals surface area contributed by atoms with Crippen LogP contribution in [0.1, 0.15) is 91.9 Å². The molecule has 0 N–H and O–H groups in total. The van der Waals surface area contributed by atoms with Gasteiger partial charge in [-0.2, -0.15) is 0 Å². The van der Waals surface area contributed by atoms with Crippen molar-refractivity contribution in [2.75, 3.05) is 0 Å². The molecule has 0 bridgehead atoms. The van der Waals surface area contributed by atoms with Crippen LogP contribution in [-0.2, 0) is 0 Å². The minimum atomic E-state index is 0.824. The van der Waals surface area contributed by atoms with E-state index in [1.807, 2.05) is 0 Å². The van der Waals surface area contributed by atoms with Gasteiger partial charge in [0.25, 0.3) is 0 Å². The van der Waals surface area contributed by atoms with Gasteiger partial charge in [0.05, 0.1) is 0 Å². The summed E-state index contributed by atoms with van der Waals surface area (Å²) in [6, 6.07) is 0. The predicted octanol–water partition coefficient (Wildman–Crippen LogP) is 6.40. The molecule has 0 amide bonds. The van der Waals surface area contributed by atoms with Crippen LogP contribution in [0, 0.1) is 18.3 Å². The fourth-order valence-corrected chi connectivity index (χ4v) is 2.64. The van der Waals surface area contributed by atoms with Gasteiger partial charge in [0, 0.05) is 0 Å². The molecule has 2 unspecified atom stereocenters. The summed E-state index contributed by atoms with van der Waals surface area (Å²) in [6.07, 6.45) is 16.7. The summed E-state index contributed by atoms with van der Waals surface area (Å²) in [6.45, 7) is 9.31. The molecule has 0 aliphatic heterocycles. The Morgan fingerprint density at radius 2 is 1.41 bits per heavy atom. The molecule has 0 aromatic carbocycles. The highest BCUT2D eigenvalue weighted by Gasteiger charge is 2.11. The van der Waals surface area contributed by atoms with Gasteiger partial charge in [-0.1, -0.05) is 91.9 Å². The maximum absolute atomic E-state index is 2.62. The lowest BCUT2D eigenvalue weighted by molar-refractivity contribution is 0.429. The molecular weight excluding hydrogens is 204 g/mol. The van der Waals surface area contributed by atoms with Gasteiger partial charge in [0.1, 0.15) is 0 Å². The third kappa shape index (κ3) is 10.9. The first-order valence-corrected chi connectivity index (χ1v) is 8.09. The zero-order chi connectivity index (χ0) is 12.9. The molecule has 0 fully saturated rings. The Hall–Kier alpha value is 0. The highest BCUT2D eigenvalue weighted by Crippen LogP contribution is 2.23. The van der Waals surface area contributed by atoms with E-state index in [9.17, 15) is 0 Å². The van der Waals surface area contributed by atoms with Gasteiger partial charge in [-0.25, -0.2) is 0 Å². The number of rotatable bonds is 12. The van der Waals surface area contributed by atoms with Crippen molar-refractivity contribution >= 4 is 0 Å². The van der Waals surface area contributed by atoms with Gasteiger partial charge in [-0.3, -0.25) is 0 Å². The lowest BCUT2D eigenvalue weighted by atomic mass is 9.87. The van der Waals surface area contributed by atoms with E-state index >= 15 is 0 Å². The molecular formula is C17H35. The summed E-state index contributed by atoms with van der Waals surface area (Å²) in [4.78, 5) is 0. The Labute approximate surface area is 111 Å². The maximum atomic E-state index is 2.62. The third-order valence-corrected chi connectivity index (χ3v) is 3.80. The molecule has 1 radical (unpaired) electrons. The Morgan fingerprint density at radius 1 is 0.765 bits per heavy atom. The molecule has 0 saturated heterocycles. The Morgan fingerprint density at radius 3 is 2.00 bits per heavy atom. The van der Waals surface area contributed by atoms with Crippen LogP contribution < -0.4 is 0 Å². The Kier molecular flexibility index (Phi) is 12.5. The summed E-state index contributed by atoms with van der Waals surface area (Å²) < 4.78 is 0. The van der Waals surface area contributed by atoms with Crippen molar-refractivity contribution in [3.63, 3.8) is 0 Å². The molecule has 17 heavy (non-hydrogen) atoms. The molecule has 103 valence electrons. The van der Waals surface area contributed by atoms with Crippen molar-refractivity contribution in [1.82, 2.24) is 0 Å². The lowest BCUT2D eigenvalue weighted by Gasteiger charge is -2.18. The Bertz CT molecular complexity index is 139. The van der Waals surface area contributed by atoms with E-state index in [0.29, 0.717) is 0 Å². The number of hydrogen-bond donors (Lipinski definition) is 0. The zero-order valence-corrected chi connectivity index (χ0v) is 12.8. The molecule has 0 rings (SSSR count). The van der Waals surface area contributed by atoms with Crippen LogP contribution >= 0.6 is 0 Å².